The minimum Gasteiger partial charge on any atom is -0.480 e. The van der Waals surface area contributed by atoms with Crippen LogP contribution in [-0.2, 0) is 20.1 Å². The Morgan fingerprint density at radius 3 is 2.52 bits per heavy atom. The first kappa shape index (κ1) is 24.7. The molecule has 2 heterocycles. The lowest BCUT2D eigenvalue weighted by atomic mass is 10.0. The summed E-state index contributed by atoms with van der Waals surface area (Å²) >= 11 is 1.39. The Morgan fingerprint density at radius 1 is 1.18 bits per heavy atom. The highest BCUT2D eigenvalue weighted by Crippen LogP contribution is 2.30. The number of hydrogen-bond donors (Lipinski definition) is 6. The Labute approximate surface area is 191 Å². The number of benzene rings is 1. The lowest BCUT2D eigenvalue weighted by Gasteiger charge is -2.24. The SMILES string of the molecule is N[C@@H](CSCc1ccccc1)C(=O)N[C@H](C(=O)O)[C@H]1O[C@@H](n2ccc(=O)[nH]c2=O)[C@H](O)[C@@H]1O. The minimum absolute atomic E-state index is 0.208. The Morgan fingerprint density at radius 2 is 1.88 bits per heavy atom. The van der Waals surface area contributed by atoms with E-state index < -0.39 is 59.7 Å². The first-order valence-corrected chi connectivity index (χ1v) is 11.1. The summed E-state index contributed by atoms with van der Waals surface area (Å²) in [5, 5.41) is 32.5. The van der Waals surface area contributed by atoms with Crippen LogP contribution >= 0.6 is 11.8 Å². The van der Waals surface area contributed by atoms with Gasteiger partial charge in [0.05, 0.1) is 6.04 Å². The molecule has 12 nitrogen and oxygen atoms in total. The second kappa shape index (κ2) is 10.8. The van der Waals surface area contributed by atoms with E-state index in [2.05, 4.69) is 5.32 Å². The van der Waals surface area contributed by atoms with Gasteiger partial charge in [0.1, 0.15) is 18.3 Å². The van der Waals surface area contributed by atoms with Crippen molar-refractivity contribution in [3.8, 4) is 0 Å². The molecule has 1 saturated heterocycles. The number of nitrogens with two attached hydrogens (primary N) is 1. The zero-order chi connectivity index (χ0) is 24.1. The van der Waals surface area contributed by atoms with Gasteiger partial charge in [0.2, 0.25) is 5.91 Å². The van der Waals surface area contributed by atoms with E-state index in [1.54, 1.807) is 0 Å². The van der Waals surface area contributed by atoms with Gasteiger partial charge in [0.15, 0.2) is 12.3 Å². The van der Waals surface area contributed by atoms with Crippen LogP contribution < -0.4 is 22.3 Å². The molecule has 0 aliphatic carbocycles. The third-order valence-electron chi connectivity index (χ3n) is 5.04. The monoisotopic (exact) mass is 480 g/mol. The molecule has 0 bridgehead atoms. The van der Waals surface area contributed by atoms with Crippen LogP contribution in [0.3, 0.4) is 0 Å². The number of rotatable bonds is 9. The molecule has 178 valence electrons. The number of aliphatic carboxylic acids is 1. The maximum atomic E-state index is 12.5. The summed E-state index contributed by atoms with van der Waals surface area (Å²) in [6.45, 7) is 0. The number of hydrogen-bond acceptors (Lipinski definition) is 9. The number of nitrogens with one attached hydrogen (secondary N) is 2. The molecule has 2 aromatic rings. The molecule has 0 saturated carbocycles. The number of carbonyl (C=O) groups excluding carboxylic acids is 1. The van der Waals surface area contributed by atoms with Crippen LogP contribution in [0.25, 0.3) is 0 Å². The van der Waals surface area contributed by atoms with Crippen molar-refractivity contribution < 1.29 is 29.6 Å². The third kappa shape index (κ3) is 5.89. The summed E-state index contributed by atoms with van der Waals surface area (Å²) in [4.78, 5) is 49.5. The molecule has 7 N–H and O–H groups in total. The van der Waals surface area contributed by atoms with E-state index in [0.29, 0.717) is 5.75 Å². The number of amides is 1. The highest BCUT2D eigenvalue weighted by atomic mass is 32.2. The van der Waals surface area contributed by atoms with Gasteiger partial charge in [-0.3, -0.25) is 19.1 Å². The van der Waals surface area contributed by atoms with Gasteiger partial charge in [-0.05, 0) is 5.56 Å². The van der Waals surface area contributed by atoms with E-state index in [4.69, 9.17) is 10.5 Å². The van der Waals surface area contributed by atoms with Crippen molar-refractivity contribution in [3.05, 3.63) is 69.0 Å². The number of ether oxygens (including phenoxy) is 1. The van der Waals surface area contributed by atoms with Crippen molar-refractivity contribution in [2.45, 2.75) is 42.4 Å². The summed E-state index contributed by atoms with van der Waals surface area (Å²) < 4.78 is 6.24. The molecule has 1 aliphatic heterocycles. The summed E-state index contributed by atoms with van der Waals surface area (Å²) in [6, 6.07) is 7.71. The quantitative estimate of drug-likeness (QED) is 0.233. The van der Waals surface area contributed by atoms with Crippen molar-refractivity contribution in [3.63, 3.8) is 0 Å². The number of aromatic amines is 1. The fourth-order valence-electron chi connectivity index (χ4n) is 3.32. The molecular formula is C20H24N4O8S. The van der Waals surface area contributed by atoms with E-state index in [0.717, 1.165) is 22.4 Å². The summed E-state index contributed by atoms with van der Waals surface area (Å²) in [5.41, 5.74) is 5.32. The predicted octanol–water partition coefficient (Wildman–Crippen LogP) is -2.01. The van der Waals surface area contributed by atoms with Crippen LogP contribution in [0, 0.1) is 0 Å². The zero-order valence-corrected chi connectivity index (χ0v) is 18.1. The standard InChI is InChI=1S/C20H24N4O8S/c21-11(9-33-8-10-4-2-1-3-5-10)17(28)23-13(19(29)30)16-14(26)15(27)18(32-16)24-7-6-12(25)22-20(24)31/h1-7,11,13-16,18,26-27H,8-9,21H2,(H,23,28)(H,29,30)(H,22,25,31)/t11-,13-,14-,15+,16+,18+/m0/s1. The molecule has 1 fully saturated rings. The van der Waals surface area contributed by atoms with Crippen molar-refractivity contribution in [2.24, 2.45) is 5.73 Å². The topological polar surface area (TPSA) is 197 Å². The second-order valence-electron chi connectivity index (χ2n) is 7.42. The fourth-order valence-corrected chi connectivity index (χ4v) is 4.27. The number of aromatic nitrogens is 2. The van der Waals surface area contributed by atoms with Gasteiger partial charge in [0, 0.05) is 23.8 Å². The van der Waals surface area contributed by atoms with Crippen LogP contribution in [0.15, 0.2) is 52.2 Å². The summed E-state index contributed by atoms with van der Waals surface area (Å²) in [5.74, 6) is -1.49. The number of thioether (sulfide) groups is 1. The number of carbonyl (C=O) groups is 2. The van der Waals surface area contributed by atoms with E-state index in [9.17, 15) is 34.5 Å². The van der Waals surface area contributed by atoms with Crippen molar-refractivity contribution >= 4 is 23.6 Å². The van der Waals surface area contributed by atoms with Gasteiger partial charge in [-0.1, -0.05) is 30.3 Å². The van der Waals surface area contributed by atoms with E-state index in [1.807, 2.05) is 35.3 Å². The molecule has 1 amide bonds. The van der Waals surface area contributed by atoms with Gasteiger partial charge in [-0.2, -0.15) is 11.8 Å². The van der Waals surface area contributed by atoms with Crippen molar-refractivity contribution in [2.75, 3.05) is 5.75 Å². The maximum Gasteiger partial charge on any atom is 0.330 e. The van der Waals surface area contributed by atoms with Crippen LogP contribution in [0.2, 0.25) is 0 Å². The first-order chi connectivity index (χ1) is 15.7. The Bertz CT molecular complexity index is 1090. The minimum atomic E-state index is -1.75. The number of carboxylic acids is 1. The number of H-pyrrole nitrogens is 1. The normalized spacial score (nSPS) is 24.2. The molecule has 0 spiro atoms. The Balaban J connectivity index is 1.65. The predicted molar refractivity (Wildman–Crippen MR) is 117 cm³/mol. The summed E-state index contributed by atoms with van der Waals surface area (Å²) in [7, 11) is 0. The fraction of sp³-hybridized carbons (Fsp3) is 0.400. The number of nitrogens with zero attached hydrogens (tertiary/aromatic N) is 1. The van der Waals surface area contributed by atoms with E-state index in [1.165, 1.54) is 11.8 Å². The molecule has 0 unspecified atom stereocenters. The molecule has 1 aromatic heterocycles. The molecule has 0 radical (unpaired) electrons. The average Bonchev–Trinajstić information content (AvgIpc) is 3.06. The zero-order valence-electron chi connectivity index (χ0n) is 17.2. The highest BCUT2D eigenvalue weighted by Gasteiger charge is 2.50. The smallest absolute Gasteiger partial charge is 0.330 e. The van der Waals surface area contributed by atoms with E-state index in [-0.39, 0.29) is 5.75 Å². The third-order valence-corrected chi connectivity index (χ3v) is 6.17. The maximum absolute atomic E-state index is 12.5. The van der Waals surface area contributed by atoms with Gasteiger partial charge >= 0.3 is 11.7 Å². The molecule has 13 heteroatoms. The van der Waals surface area contributed by atoms with E-state index >= 15 is 0 Å². The van der Waals surface area contributed by atoms with Crippen LogP contribution in [0.1, 0.15) is 11.8 Å². The molecule has 6 atom stereocenters. The average molecular weight is 480 g/mol. The molecule has 33 heavy (non-hydrogen) atoms. The van der Waals surface area contributed by atoms with Gasteiger partial charge in [-0.15, -0.1) is 0 Å². The Hall–Kier alpha value is -2.97. The van der Waals surface area contributed by atoms with Gasteiger partial charge < -0.3 is 31.1 Å². The highest BCUT2D eigenvalue weighted by molar-refractivity contribution is 7.98. The van der Waals surface area contributed by atoms with Gasteiger partial charge in [0.25, 0.3) is 5.56 Å². The van der Waals surface area contributed by atoms with Gasteiger partial charge in [-0.25, -0.2) is 9.59 Å². The number of carboxylic acid groups (broad SMARTS) is 1. The molecule has 3 rings (SSSR count). The number of aliphatic hydroxyl groups excluding tert-OH is 2. The second-order valence-corrected chi connectivity index (χ2v) is 8.45. The number of aliphatic hydroxyl groups is 2. The van der Waals surface area contributed by atoms with Crippen LogP contribution in [0.4, 0.5) is 0 Å². The molecule has 1 aromatic carbocycles. The lowest BCUT2D eigenvalue weighted by Crippen LogP contribution is -2.56. The van der Waals surface area contributed by atoms with Crippen LogP contribution in [-0.4, -0.2) is 72.9 Å². The summed E-state index contributed by atoms with van der Waals surface area (Å²) in [6.07, 6.45) is -5.48. The lowest BCUT2D eigenvalue weighted by molar-refractivity contribution is -0.149. The molecular weight excluding hydrogens is 456 g/mol. The van der Waals surface area contributed by atoms with Crippen LogP contribution in [0.5, 0.6) is 0 Å². The first-order valence-electron chi connectivity index (χ1n) is 9.92. The van der Waals surface area contributed by atoms with Crippen molar-refractivity contribution in [1.29, 1.82) is 0 Å². The Kier molecular flexibility index (Phi) is 8.05. The largest absolute Gasteiger partial charge is 0.480 e. The molecule has 1 aliphatic rings. The van der Waals surface area contributed by atoms with Crippen molar-refractivity contribution in [1.82, 2.24) is 14.9 Å².